The third-order valence-corrected chi connectivity index (χ3v) is 3.27. The van der Waals surface area contributed by atoms with Gasteiger partial charge in [-0.1, -0.05) is 11.6 Å². The van der Waals surface area contributed by atoms with Gasteiger partial charge >= 0.3 is 6.18 Å². The molecule has 0 fully saturated rings. The normalized spacial score (nSPS) is 15.5. The summed E-state index contributed by atoms with van der Waals surface area (Å²) in [4.78, 5) is 11.1. The first-order valence-electron chi connectivity index (χ1n) is 6.51. The number of nitrogens with one attached hydrogen (secondary N) is 2. The monoisotopic (exact) mass is 299 g/mol. The largest absolute Gasteiger partial charge is 0.417 e. The molecule has 1 aliphatic heterocycles. The first-order chi connectivity index (χ1) is 9.88. The van der Waals surface area contributed by atoms with Crippen molar-refractivity contribution in [3.63, 3.8) is 0 Å². The fraction of sp³-hybridized carbons (Fsp3) is 0.357. The minimum absolute atomic E-state index is 0.312. The van der Waals surface area contributed by atoms with Gasteiger partial charge in [-0.15, -0.1) is 0 Å². The first-order valence-corrected chi connectivity index (χ1v) is 6.51. The van der Waals surface area contributed by atoms with Crippen molar-refractivity contribution in [1.82, 2.24) is 5.32 Å². The SMILES string of the molecule is NC(=O)c1ccc(NCC2=CCNCC2)cc1C(F)(F)F. The molecule has 0 unspecified atom stereocenters. The summed E-state index contributed by atoms with van der Waals surface area (Å²) < 4.78 is 38.8. The third kappa shape index (κ3) is 3.98. The Balaban J connectivity index is 2.17. The molecule has 1 aliphatic rings. The molecule has 0 bridgehead atoms. The van der Waals surface area contributed by atoms with E-state index in [9.17, 15) is 18.0 Å². The number of hydrogen-bond donors (Lipinski definition) is 3. The maximum absolute atomic E-state index is 12.9. The van der Waals surface area contributed by atoms with Crippen molar-refractivity contribution in [2.75, 3.05) is 25.0 Å². The van der Waals surface area contributed by atoms with Gasteiger partial charge in [-0.2, -0.15) is 13.2 Å². The zero-order chi connectivity index (χ0) is 15.5. The number of benzene rings is 1. The molecule has 0 aliphatic carbocycles. The molecule has 0 atom stereocenters. The van der Waals surface area contributed by atoms with E-state index in [0.29, 0.717) is 12.2 Å². The maximum Gasteiger partial charge on any atom is 0.417 e. The van der Waals surface area contributed by atoms with Gasteiger partial charge in [-0.25, -0.2) is 0 Å². The Labute approximate surface area is 120 Å². The molecule has 7 heteroatoms. The zero-order valence-corrected chi connectivity index (χ0v) is 11.3. The lowest BCUT2D eigenvalue weighted by atomic mass is 10.0. The average Bonchev–Trinajstić information content (AvgIpc) is 2.45. The lowest BCUT2D eigenvalue weighted by Crippen LogP contribution is -2.23. The van der Waals surface area contributed by atoms with Crippen LogP contribution in [0.4, 0.5) is 18.9 Å². The highest BCUT2D eigenvalue weighted by molar-refractivity contribution is 5.95. The van der Waals surface area contributed by atoms with E-state index in [1.807, 2.05) is 6.08 Å². The van der Waals surface area contributed by atoms with Crippen LogP contribution in [-0.4, -0.2) is 25.5 Å². The molecule has 114 valence electrons. The van der Waals surface area contributed by atoms with E-state index in [0.717, 1.165) is 37.2 Å². The molecule has 1 amide bonds. The number of rotatable bonds is 4. The maximum atomic E-state index is 12.9. The predicted molar refractivity (Wildman–Crippen MR) is 74.0 cm³/mol. The Morgan fingerprint density at radius 1 is 1.38 bits per heavy atom. The van der Waals surface area contributed by atoms with Crippen LogP contribution >= 0.6 is 0 Å². The topological polar surface area (TPSA) is 67.2 Å². The molecule has 0 radical (unpaired) electrons. The minimum atomic E-state index is -4.62. The van der Waals surface area contributed by atoms with Gasteiger partial charge in [0.25, 0.3) is 0 Å². The van der Waals surface area contributed by atoms with Crippen LogP contribution in [0.1, 0.15) is 22.3 Å². The molecule has 1 heterocycles. The van der Waals surface area contributed by atoms with Crippen molar-refractivity contribution in [2.45, 2.75) is 12.6 Å². The van der Waals surface area contributed by atoms with Crippen molar-refractivity contribution in [1.29, 1.82) is 0 Å². The summed E-state index contributed by atoms with van der Waals surface area (Å²) in [6, 6.07) is 3.45. The van der Waals surface area contributed by atoms with Crippen molar-refractivity contribution < 1.29 is 18.0 Å². The molecule has 0 saturated heterocycles. The lowest BCUT2D eigenvalue weighted by molar-refractivity contribution is -0.137. The molecule has 0 saturated carbocycles. The van der Waals surface area contributed by atoms with Crippen molar-refractivity contribution in [2.24, 2.45) is 5.73 Å². The smallest absolute Gasteiger partial charge is 0.381 e. The molecule has 1 aromatic rings. The van der Waals surface area contributed by atoms with Gasteiger partial charge in [0.2, 0.25) is 5.91 Å². The summed E-state index contributed by atoms with van der Waals surface area (Å²) in [5, 5.41) is 6.10. The number of nitrogens with two attached hydrogens (primary N) is 1. The van der Waals surface area contributed by atoms with Crippen LogP contribution in [0.3, 0.4) is 0 Å². The number of hydrogen-bond acceptors (Lipinski definition) is 3. The van der Waals surface area contributed by atoms with Gasteiger partial charge in [-0.05, 0) is 31.2 Å². The van der Waals surface area contributed by atoms with Crippen molar-refractivity contribution in [3.8, 4) is 0 Å². The highest BCUT2D eigenvalue weighted by Gasteiger charge is 2.35. The van der Waals surface area contributed by atoms with E-state index in [-0.39, 0.29) is 0 Å². The molecule has 21 heavy (non-hydrogen) atoms. The Hall–Kier alpha value is -2.02. The third-order valence-electron chi connectivity index (χ3n) is 3.27. The molecular weight excluding hydrogens is 283 g/mol. The Bertz CT molecular complexity index is 567. The highest BCUT2D eigenvalue weighted by atomic mass is 19.4. The number of carbonyl (C=O) groups excluding carboxylic acids is 1. The number of primary amides is 1. The summed E-state index contributed by atoms with van der Waals surface area (Å²) in [5.41, 5.74) is 4.89. The van der Waals surface area contributed by atoms with E-state index in [4.69, 9.17) is 5.73 Å². The van der Waals surface area contributed by atoms with E-state index in [2.05, 4.69) is 10.6 Å². The quantitative estimate of drug-likeness (QED) is 0.746. The molecule has 1 aromatic carbocycles. The molecule has 4 N–H and O–H groups in total. The van der Waals surface area contributed by atoms with Crippen LogP contribution in [0.15, 0.2) is 29.8 Å². The molecular formula is C14H16F3N3O. The minimum Gasteiger partial charge on any atom is -0.381 e. The van der Waals surface area contributed by atoms with Gasteiger partial charge in [0, 0.05) is 18.8 Å². The van der Waals surface area contributed by atoms with Crippen LogP contribution in [0.5, 0.6) is 0 Å². The van der Waals surface area contributed by atoms with E-state index < -0.39 is 23.2 Å². The fourth-order valence-corrected chi connectivity index (χ4v) is 2.15. The van der Waals surface area contributed by atoms with Gasteiger partial charge < -0.3 is 16.4 Å². The second-order valence-corrected chi connectivity index (χ2v) is 4.79. The second kappa shape index (κ2) is 6.17. The number of halogens is 3. The number of alkyl halides is 3. The van der Waals surface area contributed by atoms with E-state index in [1.54, 1.807) is 0 Å². The fourth-order valence-electron chi connectivity index (χ4n) is 2.15. The van der Waals surface area contributed by atoms with Gasteiger partial charge in [0.15, 0.2) is 0 Å². The predicted octanol–water partition coefficient (Wildman–Crippen LogP) is 2.14. The summed E-state index contributed by atoms with van der Waals surface area (Å²) in [5.74, 6) is -1.09. The van der Waals surface area contributed by atoms with Crippen molar-refractivity contribution in [3.05, 3.63) is 41.0 Å². The summed E-state index contributed by atoms with van der Waals surface area (Å²) in [6.45, 7) is 2.11. The van der Waals surface area contributed by atoms with Gasteiger partial charge in [0.1, 0.15) is 0 Å². The van der Waals surface area contributed by atoms with Crippen LogP contribution in [0, 0.1) is 0 Å². The Morgan fingerprint density at radius 2 is 2.14 bits per heavy atom. The van der Waals surface area contributed by atoms with Crippen molar-refractivity contribution >= 4 is 11.6 Å². The van der Waals surface area contributed by atoms with Crippen LogP contribution in [0.25, 0.3) is 0 Å². The Morgan fingerprint density at radius 3 is 2.71 bits per heavy atom. The summed E-state index contributed by atoms with van der Waals surface area (Å²) in [7, 11) is 0. The number of anilines is 1. The van der Waals surface area contributed by atoms with Gasteiger partial charge in [0.05, 0.1) is 11.1 Å². The second-order valence-electron chi connectivity index (χ2n) is 4.79. The summed E-state index contributed by atoms with van der Waals surface area (Å²) >= 11 is 0. The molecule has 0 spiro atoms. The first kappa shape index (κ1) is 15.4. The molecule has 0 aromatic heterocycles. The number of carbonyl (C=O) groups is 1. The Kier molecular flexibility index (Phi) is 4.52. The lowest BCUT2D eigenvalue weighted by Gasteiger charge is -2.17. The van der Waals surface area contributed by atoms with Crippen LogP contribution < -0.4 is 16.4 Å². The zero-order valence-electron chi connectivity index (χ0n) is 11.3. The number of amides is 1. The van der Waals surface area contributed by atoms with Crippen LogP contribution in [0.2, 0.25) is 0 Å². The van der Waals surface area contributed by atoms with E-state index >= 15 is 0 Å². The molecule has 4 nitrogen and oxygen atoms in total. The molecule has 2 rings (SSSR count). The van der Waals surface area contributed by atoms with Crippen LogP contribution in [-0.2, 0) is 6.18 Å². The summed E-state index contributed by atoms with van der Waals surface area (Å²) in [6.07, 6.45) is -1.74. The standard InChI is InChI=1S/C14H16F3N3O/c15-14(16,17)12-7-10(1-2-11(12)13(18)21)20-8-9-3-5-19-6-4-9/h1-3,7,19-20H,4-6,8H2,(H2,18,21). The highest BCUT2D eigenvalue weighted by Crippen LogP contribution is 2.33. The average molecular weight is 299 g/mol. The van der Waals surface area contributed by atoms with E-state index in [1.165, 1.54) is 6.07 Å². The van der Waals surface area contributed by atoms with Gasteiger partial charge in [-0.3, -0.25) is 4.79 Å².